The summed E-state index contributed by atoms with van der Waals surface area (Å²) >= 11 is 10.0. The maximum Gasteiger partial charge on any atom is 0.305 e. The zero-order chi connectivity index (χ0) is 14.9. The number of carbonyl (C=O) groups is 1. The number of sulfonamides is 1. The van der Waals surface area contributed by atoms with E-state index in [0.29, 0.717) is 8.81 Å². The fourth-order valence-corrected chi connectivity index (χ4v) is 6.01. The van der Waals surface area contributed by atoms with Gasteiger partial charge in [0.25, 0.3) is 10.0 Å². The Morgan fingerprint density at radius 2 is 2.35 bits per heavy atom. The lowest BCUT2D eigenvalue weighted by molar-refractivity contribution is -0.139. The summed E-state index contributed by atoms with van der Waals surface area (Å²) in [7, 11) is -3.76. The molecular formula is C10H11BrClNO5S2. The van der Waals surface area contributed by atoms with E-state index in [-0.39, 0.29) is 30.4 Å². The molecule has 2 rings (SSSR count). The molecule has 0 aliphatic carbocycles. The van der Waals surface area contributed by atoms with E-state index >= 15 is 0 Å². The number of thiophene rings is 1. The standard InChI is InChI=1S/C10H11BrClNO5S2/c11-10-7(12)4-9(19-10)20(16,17)13-1-2-18-5-6(13)3-8(14)15/h4,6H,1-3,5H2,(H,14,15). The van der Waals surface area contributed by atoms with E-state index < -0.39 is 22.0 Å². The number of carboxylic acids is 1. The lowest BCUT2D eigenvalue weighted by Gasteiger charge is -2.33. The van der Waals surface area contributed by atoms with Gasteiger partial charge in [-0.2, -0.15) is 4.31 Å². The zero-order valence-electron chi connectivity index (χ0n) is 10.1. The van der Waals surface area contributed by atoms with Gasteiger partial charge in [-0.3, -0.25) is 4.79 Å². The molecule has 1 fully saturated rings. The Bertz CT molecular complexity index is 598. The van der Waals surface area contributed by atoms with Gasteiger partial charge >= 0.3 is 5.97 Å². The third kappa shape index (κ3) is 3.34. The van der Waals surface area contributed by atoms with Crippen molar-refractivity contribution in [3.05, 3.63) is 14.9 Å². The second-order valence-corrected chi connectivity index (χ2v) is 9.02. The molecule has 0 aromatic carbocycles. The van der Waals surface area contributed by atoms with Crippen LogP contribution in [0.4, 0.5) is 0 Å². The molecular weight excluding hydrogens is 394 g/mol. The van der Waals surface area contributed by atoms with Crippen molar-refractivity contribution in [2.75, 3.05) is 19.8 Å². The first-order valence-electron chi connectivity index (χ1n) is 5.58. The maximum absolute atomic E-state index is 12.6. The molecule has 1 aromatic heterocycles. The van der Waals surface area contributed by atoms with Gasteiger partial charge in [0.1, 0.15) is 4.21 Å². The van der Waals surface area contributed by atoms with Crippen molar-refractivity contribution < 1.29 is 23.1 Å². The average molecular weight is 405 g/mol. The second kappa shape index (κ2) is 6.29. The molecule has 10 heteroatoms. The van der Waals surface area contributed by atoms with Crippen LogP contribution in [-0.2, 0) is 19.6 Å². The number of hydrogen-bond acceptors (Lipinski definition) is 5. The number of aliphatic carboxylic acids is 1. The van der Waals surface area contributed by atoms with Crippen LogP contribution in [-0.4, -0.2) is 49.6 Å². The quantitative estimate of drug-likeness (QED) is 0.830. The summed E-state index contributed by atoms with van der Waals surface area (Å²) in [5, 5.41) is 9.18. The van der Waals surface area contributed by atoms with Crippen LogP contribution in [0.1, 0.15) is 6.42 Å². The summed E-state index contributed by atoms with van der Waals surface area (Å²) in [5.74, 6) is -1.06. The predicted molar refractivity (Wildman–Crippen MR) is 77.8 cm³/mol. The van der Waals surface area contributed by atoms with Gasteiger partial charge in [-0.15, -0.1) is 11.3 Å². The predicted octanol–water partition coefficient (Wildman–Crippen LogP) is 2.03. The van der Waals surface area contributed by atoms with Crippen LogP contribution in [0, 0.1) is 0 Å². The second-order valence-electron chi connectivity index (χ2n) is 4.13. The third-order valence-electron chi connectivity index (χ3n) is 2.77. The SMILES string of the molecule is O=C(O)CC1COCCN1S(=O)(=O)c1cc(Cl)c(Br)s1. The Hall–Kier alpha value is -0.190. The Morgan fingerprint density at radius 3 is 2.90 bits per heavy atom. The van der Waals surface area contributed by atoms with Crippen molar-refractivity contribution in [1.29, 1.82) is 0 Å². The van der Waals surface area contributed by atoms with Crippen LogP contribution in [0.2, 0.25) is 5.02 Å². The van der Waals surface area contributed by atoms with Crippen LogP contribution >= 0.6 is 38.9 Å². The minimum absolute atomic E-state index is 0.0752. The van der Waals surface area contributed by atoms with E-state index in [2.05, 4.69) is 15.9 Å². The van der Waals surface area contributed by atoms with E-state index in [4.69, 9.17) is 21.4 Å². The van der Waals surface area contributed by atoms with Gasteiger partial charge in [-0.25, -0.2) is 8.42 Å². The molecule has 1 saturated heterocycles. The topological polar surface area (TPSA) is 83.9 Å². The van der Waals surface area contributed by atoms with Gasteiger partial charge in [-0.1, -0.05) is 11.6 Å². The van der Waals surface area contributed by atoms with E-state index in [0.717, 1.165) is 11.3 Å². The van der Waals surface area contributed by atoms with Crippen molar-refractivity contribution >= 4 is 54.9 Å². The maximum atomic E-state index is 12.6. The number of morpholine rings is 1. The molecule has 0 amide bonds. The molecule has 1 aliphatic rings. The van der Waals surface area contributed by atoms with Crippen molar-refractivity contribution in [3.8, 4) is 0 Å². The number of carboxylic acid groups (broad SMARTS) is 1. The normalized spacial score (nSPS) is 21.0. The number of rotatable bonds is 4. The molecule has 0 spiro atoms. The molecule has 1 unspecified atom stereocenters. The number of hydrogen-bond donors (Lipinski definition) is 1. The summed E-state index contributed by atoms with van der Waals surface area (Å²) in [4.78, 5) is 10.8. The summed E-state index contributed by atoms with van der Waals surface area (Å²) in [6.45, 7) is 0.453. The van der Waals surface area contributed by atoms with Crippen LogP contribution < -0.4 is 0 Å². The highest BCUT2D eigenvalue weighted by Gasteiger charge is 2.36. The molecule has 6 nitrogen and oxygen atoms in total. The van der Waals surface area contributed by atoms with Crippen LogP contribution in [0.3, 0.4) is 0 Å². The fraction of sp³-hybridized carbons (Fsp3) is 0.500. The third-order valence-corrected chi connectivity index (χ3v) is 7.64. The highest BCUT2D eigenvalue weighted by Crippen LogP contribution is 2.36. The number of ether oxygens (including phenoxy) is 1. The first kappa shape index (κ1) is 16.2. The molecule has 1 N–H and O–H groups in total. The summed E-state index contributed by atoms with van der Waals surface area (Å²) in [6, 6.07) is 0.657. The smallest absolute Gasteiger partial charge is 0.305 e. The Kier molecular flexibility index (Phi) is 5.09. The van der Waals surface area contributed by atoms with Gasteiger partial charge in [0.2, 0.25) is 0 Å². The molecule has 1 atom stereocenters. The van der Waals surface area contributed by atoms with Crippen molar-refractivity contribution in [2.24, 2.45) is 0 Å². The molecule has 0 bridgehead atoms. The van der Waals surface area contributed by atoms with Crippen molar-refractivity contribution in [3.63, 3.8) is 0 Å². The van der Waals surface area contributed by atoms with E-state index in [1.165, 1.54) is 10.4 Å². The number of nitrogens with zero attached hydrogens (tertiary/aromatic N) is 1. The van der Waals surface area contributed by atoms with Crippen LogP contribution in [0.15, 0.2) is 14.1 Å². The van der Waals surface area contributed by atoms with Crippen LogP contribution in [0.25, 0.3) is 0 Å². The molecule has 0 radical (unpaired) electrons. The highest BCUT2D eigenvalue weighted by molar-refractivity contribution is 9.11. The lowest BCUT2D eigenvalue weighted by atomic mass is 10.2. The first-order chi connectivity index (χ1) is 9.32. The lowest BCUT2D eigenvalue weighted by Crippen LogP contribution is -2.49. The molecule has 1 aliphatic heterocycles. The van der Waals surface area contributed by atoms with Gasteiger partial charge < -0.3 is 9.84 Å². The van der Waals surface area contributed by atoms with Gasteiger partial charge in [-0.05, 0) is 22.0 Å². The Morgan fingerprint density at radius 1 is 1.65 bits per heavy atom. The van der Waals surface area contributed by atoms with Crippen molar-refractivity contribution in [2.45, 2.75) is 16.7 Å². The monoisotopic (exact) mass is 403 g/mol. The molecule has 1 aromatic rings. The molecule has 112 valence electrons. The van der Waals surface area contributed by atoms with Crippen molar-refractivity contribution in [1.82, 2.24) is 4.31 Å². The van der Waals surface area contributed by atoms with E-state index in [1.54, 1.807) is 0 Å². The molecule has 20 heavy (non-hydrogen) atoms. The van der Waals surface area contributed by atoms with Gasteiger partial charge in [0, 0.05) is 6.54 Å². The number of halogens is 2. The molecule has 0 saturated carbocycles. The van der Waals surface area contributed by atoms with Crippen LogP contribution in [0.5, 0.6) is 0 Å². The fourth-order valence-electron chi connectivity index (χ4n) is 1.89. The summed E-state index contributed by atoms with van der Waals surface area (Å²) in [5.41, 5.74) is 0. The minimum Gasteiger partial charge on any atom is -0.481 e. The van der Waals surface area contributed by atoms with E-state index in [9.17, 15) is 13.2 Å². The van der Waals surface area contributed by atoms with Gasteiger partial charge in [0.05, 0.1) is 34.5 Å². The average Bonchev–Trinajstić information content (AvgIpc) is 2.70. The Labute approximate surface area is 133 Å². The summed E-state index contributed by atoms with van der Waals surface area (Å²) < 4.78 is 32.1. The van der Waals surface area contributed by atoms with E-state index in [1.807, 2.05) is 0 Å². The molecule has 2 heterocycles. The Balaban J connectivity index is 2.32. The largest absolute Gasteiger partial charge is 0.481 e. The first-order valence-corrected chi connectivity index (χ1v) is 9.01. The minimum atomic E-state index is -3.76. The van der Waals surface area contributed by atoms with Gasteiger partial charge in [0.15, 0.2) is 0 Å². The summed E-state index contributed by atoms with van der Waals surface area (Å²) in [6.07, 6.45) is -0.292. The zero-order valence-corrected chi connectivity index (χ0v) is 14.1. The highest BCUT2D eigenvalue weighted by atomic mass is 79.9.